The third kappa shape index (κ3) is 3.16. The highest BCUT2D eigenvalue weighted by atomic mass is 32.5. The van der Waals surface area contributed by atoms with Crippen molar-refractivity contribution >= 4 is 46.6 Å². The zero-order valence-corrected chi connectivity index (χ0v) is 16.1. The van der Waals surface area contributed by atoms with Crippen LogP contribution in [0.2, 0.25) is 0 Å². The second-order valence-electron chi connectivity index (χ2n) is 6.51. The van der Waals surface area contributed by atoms with Gasteiger partial charge in [0.25, 0.3) is 0 Å². The van der Waals surface area contributed by atoms with E-state index in [-0.39, 0.29) is 10.7 Å². The standard InChI is InChI=1S/C20H14F5OS2/c1-13(26)14-9-10-20-18(11-14)17-7-2-3-8-19(17)27(20)15-5-4-6-16(12-15)28(21,22,23,24)25/h2-12H,1H3/q+1. The van der Waals surface area contributed by atoms with Crippen molar-refractivity contribution in [1.82, 2.24) is 0 Å². The highest BCUT2D eigenvalue weighted by molar-refractivity contribution is 8.45. The molecule has 1 atom stereocenters. The summed E-state index contributed by atoms with van der Waals surface area (Å²) < 4.78 is 68.0. The van der Waals surface area contributed by atoms with Crippen LogP contribution in [-0.2, 0) is 0 Å². The molecule has 0 spiro atoms. The topological polar surface area (TPSA) is 17.1 Å². The SMILES string of the molecule is CC(=O)c1ccc2c(c1)c1ccccc1[s+]2-c1cccc(S(F)(F)(F)(F)F)c1. The Morgan fingerprint density at radius 1 is 0.786 bits per heavy atom. The van der Waals surface area contributed by atoms with Gasteiger partial charge in [0.1, 0.15) is 4.90 Å². The average Bonchev–Trinajstić information content (AvgIpc) is 2.93. The van der Waals surface area contributed by atoms with E-state index in [0.29, 0.717) is 22.4 Å². The van der Waals surface area contributed by atoms with Crippen molar-refractivity contribution in [1.29, 1.82) is 0 Å². The number of fused-ring (bicyclic) bond motifs is 3. The second-order valence-corrected chi connectivity index (χ2v) is 10.9. The van der Waals surface area contributed by atoms with Gasteiger partial charge in [-0.3, -0.25) is 4.79 Å². The number of rotatable bonds is 3. The molecule has 3 aromatic carbocycles. The molecule has 0 saturated heterocycles. The number of Topliss-reactive ketones (excluding diaryl/α,β-unsaturated/α-hetero) is 1. The van der Waals surface area contributed by atoms with Gasteiger partial charge in [0.15, 0.2) is 20.1 Å². The van der Waals surface area contributed by atoms with Gasteiger partial charge in [-0.1, -0.05) is 37.6 Å². The molecular formula is C20H14F5OS2+. The maximum Gasteiger partial charge on any atom is 0.310 e. The van der Waals surface area contributed by atoms with Crippen molar-refractivity contribution in [2.24, 2.45) is 0 Å². The molecule has 0 fully saturated rings. The van der Waals surface area contributed by atoms with Crippen LogP contribution in [0.4, 0.5) is 19.4 Å². The van der Waals surface area contributed by atoms with Gasteiger partial charge in [-0.05, 0) is 49.4 Å². The lowest BCUT2D eigenvalue weighted by atomic mass is 10.1. The summed E-state index contributed by atoms with van der Waals surface area (Å²) in [5.41, 5.74) is 0.486. The number of halogens is 5. The van der Waals surface area contributed by atoms with Gasteiger partial charge in [0.05, 0.1) is 0 Å². The Bertz CT molecular complexity index is 1270. The van der Waals surface area contributed by atoms with Crippen LogP contribution in [0.1, 0.15) is 17.3 Å². The zero-order chi connectivity index (χ0) is 20.4. The first kappa shape index (κ1) is 18.9. The van der Waals surface area contributed by atoms with E-state index in [2.05, 4.69) is 0 Å². The predicted octanol–water partition coefficient (Wildman–Crippen LogP) is 8.59. The van der Waals surface area contributed by atoms with Gasteiger partial charge >= 0.3 is 10.2 Å². The molecule has 0 N–H and O–H groups in total. The van der Waals surface area contributed by atoms with Crippen LogP contribution in [0.25, 0.3) is 25.1 Å². The molecule has 4 aromatic rings. The molecule has 0 bridgehead atoms. The summed E-state index contributed by atoms with van der Waals surface area (Å²) in [6.07, 6.45) is 0. The molecule has 0 amide bonds. The molecule has 1 nitrogen and oxygen atoms in total. The Hall–Kier alpha value is -2.45. The third-order valence-electron chi connectivity index (χ3n) is 4.49. The maximum absolute atomic E-state index is 13.3. The molecule has 4 rings (SSSR count). The summed E-state index contributed by atoms with van der Waals surface area (Å²) in [6, 6.07) is 15.6. The van der Waals surface area contributed by atoms with E-state index >= 15 is 0 Å². The monoisotopic (exact) mass is 429 g/mol. The summed E-state index contributed by atoms with van der Waals surface area (Å²) in [5, 5.41) is 1.53. The van der Waals surface area contributed by atoms with Crippen LogP contribution < -0.4 is 0 Å². The zero-order valence-electron chi connectivity index (χ0n) is 14.5. The Kier molecular flexibility index (Phi) is 3.60. The van der Waals surface area contributed by atoms with Gasteiger partial charge in [-0.25, -0.2) is 0 Å². The number of benzene rings is 3. The molecule has 0 aliphatic heterocycles. The van der Waals surface area contributed by atoms with Crippen molar-refractivity contribution < 1.29 is 24.2 Å². The Morgan fingerprint density at radius 2 is 1.46 bits per heavy atom. The summed E-state index contributed by atoms with van der Waals surface area (Å²) in [7, 11) is -10.7. The van der Waals surface area contributed by atoms with E-state index in [1.165, 1.54) is 13.0 Å². The lowest BCUT2D eigenvalue weighted by Crippen LogP contribution is -2.05. The fourth-order valence-electron chi connectivity index (χ4n) is 3.22. The highest BCUT2D eigenvalue weighted by Crippen LogP contribution is 3.02. The Morgan fingerprint density at radius 3 is 2.14 bits per heavy atom. The lowest BCUT2D eigenvalue weighted by Gasteiger charge is -2.40. The number of thiophene rings is 1. The minimum Gasteiger partial charge on any atom is -0.295 e. The summed E-state index contributed by atoms with van der Waals surface area (Å²) in [5.74, 6) is -0.130. The molecule has 146 valence electrons. The molecule has 1 aromatic heterocycles. The van der Waals surface area contributed by atoms with E-state index in [1.807, 2.05) is 6.07 Å². The average molecular weight is 429 g/mol. The quantitative estimate of drug-likeness (QED) is 0.181. The predicted molar refractivity (Wildman–Crippen MR) is 107 cm³/mol. The molecule has 0 aliphatic carbocycles. The molecule has 1 heterocycles. The van der Waals surface area contributed by atoms with Crippen LogP contribution >= 0.6 is 20.7 Å². The molecule has 8 heteroatoms. The molecule has 1 unspecified atom stereocenters. The van der Waals surface area contributed by atoms with E-state index in [4.69, 9.17) is 0 Å². The minimum atomic E-state index is -9.78. The van der Waals surface area contributed by atoms with Crippen molar-refractivity contribution in [2.75, 3.05) is 0 Å². The molecular weight excluding hydrogens is 415 g/mol. The summed E-state index contributed by atoms with van der Waals surface area (Å²) in [6.45, 7) is 1.43. The van der Waals surface area contributed by atoms with E-state index in [1.54, 1.807) is 36.4 Å². The lowest BCUT2D eigenvalue weighted by molar-refractivity contribution is 0.101. The largest absolute Gasteiger partial charge is 0.310 e. The highest BCUT2D eigenvalue weighted by Gasteiger charge is 2.65. The van der Waals surface area contributed by atoms with Crippen molar-refractivity contribution in [3.63, 3.8) is 0 Å². The Labute approximate surface area is 160 Å². The van der Waals surface area contributed by atoms with E-state index in [9.17, 15) is 24.2 Å². The number of hydrogen-bond acceptors (Lipinski definition) is 1. The van der Waals surface area contributed by atoms with Crippen LogP contribution in [0.3, 0.4) is 0 Å². The van der Waals surface area contributed by atoms with Crippen LogP contribution in [0.5, 0.6) is 0 Å². The summed E-state index contributed by atoms with van der Waals surface area (Å²) >= 11 is 0. The smallest absolute Gasteiger partial charge is 0.295 e. The van der Waals surface area contributed by atoms with Gasteiger partial charge in [-0.15, -0.1) is 0 Å². The number of carbonyl (C=O) groups excluding carboxylic acids is 1. The number of hydrogen-bond donors (Lipinski definition) is 0. The van der Waals surface area contributed by atoms with Gasteiger partial charge < -0.3 is 0 Å². The first-order chi connectivity index (χ1) is 12.8. The maximum atomic E-state index is 13.3. The molecule has 0 saturated carbocycles. The minimum absolute atomic E-state index is 0.130. The number of carbonyl (C=O) groups is 1. The first-order valence-corrected chi connectivity index (χ1v) is 11.4. The molecule has 28 heavy (non-hydrogen) atoms. The van der Waals surface area contributed by atoms with Crippen molar-refractivity contribution in [3.8, 4) is 4.90 Å². The van der Waals surface area contributed by atoms with E-state index < -0.39 is 25.6 Å². The van der Waals surface area contributed by atoms with Crippen molar-refractivity contribution in [2.45, 2.75) is 11.8 Å². The van der Waals surface area contributed by atoms with Gasteiger partial charge in [0.2, 0.25) is 0 Å². The fourth-order valence-corrected chi connectivity index (χ4v) is 6.39. The van der Waals surface area contributed by atoms with Gasteiger partial charge in [-0.2, -0.15) is 0 Å². The second kappa shape index (κ2) is 5.33. The first-order valence-electron chi connectivity index (χ1n) is 8.18. The van der Waals surface area contributed by atoms with Crippen LogP contribution in [-0.4, -0.2) is 5.78 Å². The summed E-state index contributed by atoms with van der Waals surface area (Å²) in [4.78, 5) is 10.00. The third-order valence-corrected chi connectivity index (χ3v) is 7.95. The van der Waals surface area contributed by atoms with Gasteiger partial charge in [0, 0.05) is 32.9 Å². The van der Waals surface area contributed by atoms with Crippen molar-refractivity contribution in [3.05, 3.63) is 72.3 Å². The normalized spacial score (nSPS) is 15.4. The number of ketones is 1. The molecule has 0 radical (unpaired) electrons. The van der Waals surface area contributed by atoms with E-state index in [0.717, 1.165) is 21.5 Å². The van der Waals surface area contributed by atoms with Crippen LogP contribution in [0, 0.1) is 0 Å². The fraction of sp³-hybridized carbons (Fsp3) is 0.0500. The van der Waals surface area contributed by atoms with Crippen LogP contribution in [0.15, 0.2) is 71.6 Å². The molecule has 0 aliphatic rings. The Balaban J connectivity index is 2.09.